The number of rotatable bonds is 0. The van der Waals surface area contributed by atoms with Crippen LogP contribution in [-0.2, 0) is 0 Å². The van der Waals surface area contributed by atoms with E-state index in [1.54, 1.807) is 0 Å². The maximum Gasteiger partial charge on any atom is 0.131 e. The van der Waals surface area contributed by atoms with E-state index in [-0.39, 0.29) is 0 Å². The van der Waals surface area contributed by atoms with E-state index in [4.69, 9.17) is 0 Å². The molecule has 0 atom stereocenters. The van der Waals surface area contributed by atoms with Gasteiger partial charge in [-0.05, 0) is 33.4 Å². The Kier molecular flexibility index (Phi) is 2.24. The Morgan fingerprint density at radius 3 is 1.50 bits per heavy atom. The van der Waals surface area contributed by atoms with Crippen LogP contribution in [0.25, 0.3) is 21.5 Å². The number of fused-ring (bicyclic) bond motifs is 2. The summed E-state index contributed by atoms with van der Waals surface area (Å²) in [6.07, 6.45) is 0. The third-order valence-electron chi connectivity index (χ3n) is 2.84. The summed E-state index contributed by atoms with van der Waals surface area (Å²) >= 11 is 2.34. The highest BCUT2D eigenvalue weighted by atomic mass is 127. The summed E-state index contributed by atoms with van der Waals surface area (Å²) in [7, 11) is 0. The monoisotopic (exact) mass is 320 g/mol. The third-order valence-corrected chi connectivity index (χ3v) is 4.00. The number of phenolic OH excluding ortho intramolecular Hbond substituents is 1. The molecular formula is C14H9IO. The molecule has 0 heterocycles. The van der Waals surface area contributed by atoms with Gasteiger partial charge in [-0.2, -0.15) is 0 Å². The van der Waals surface area contributed by atoms with Crippen LogP contribution in [0.1, 0.15) is 0 Å². The minimum Gasteiger partial charge on any atom is -0.507 e. The van der Waals surface area contributed by atoms with Crippen LogP contribution in [0.2, 0.25) is 0 Å². The smallest absolute Gasteiger partial charge is 0.131 e. The summed E-state index contributed by atoms with van der Waals surface area (Å²) in [5.74, 6) is 0.381. The summed E-state index contributed by atoms with van der Waals surface area (Å²) < 4.78 is 1.20. The van der Waals surface area contributed by atoms with E-state index in [1.165, 1.54) is 3.57 Å². The van der Waals surface area contributed by atoms with Crippen LogP contribution in [0.4, 0.5) is 0 Å². The van der Waals surface area contributed by atoms with Crippen LogP contribution < -0.4 is 0 Å². The molecule has 0 fully saturated rings. The quantitative estimate of drug-likeness (QED) is 0.484. The molecule has 3 rings (SSSR count). The first-order valence-electron chi connectivity index (χ1n) is 5.07. The first-order chi connectivity index (χ1) is 7.79. The summed E-state index contributed by atoms with van der Waals surface area (Å²) in [6.45, 7) is 0. The van der Waals surface area contributed by atoms with E-state index < -0.39 is 0 Å². The lowest BCUT2D eigenvalue weighted by Crippen LogP contribution is -1.83. The van der Waals surface area contributed by atoms with Crippen molar-refractivity contribution in [3.05, 3.63) is 52.1 Å². The summed E-state index contributed by atoms with van der Waals surface area (Å²) in [5.41, 5.74) is 0. The highest BCUT2D eigenvalue weighted by molar-refractivity contribution is 14.1. The highest BCUT2D eigenvalue weighted by Crippen LogP contribution is 2.37. The van der Waals surface area contributed by atoms with Gasteiger partial charge in [0.25, 0.3) is 0 Å². The van der Waals surface area contributed by atoms with E-state index in [2.05, 4.69) is 22.6 Å². The maximum atomic E-state index is 10.2. The molecule has 0 bridgehead atoms. The third kappa shape index (κ3) is 1.29. The molecule has 2 heteroatoms. The number of hydrogen-bond donors (Lipinski definition) is 1. The number of hydrogen-bond acceptors (Lipinski definition) is 1. The minimum absolute atomic E-state index is 0.381. The van der Waals surface area contributed by atoms with Gasteiger partial charge in [-0.25, -0.2) is 0 Å². The van der Waals surface area contributed by atoms with Gasteiger partial charge in [0, 0.05) is 14.3 Å². The van der Waals surface area contributed by atoms with Gasteiger partial charge in [-0.3, -0.25) is 0 Å². The molecule has 1 nitrogen and oxygen atoms in total. The van der Waals surface area contributed by atoms with Crippen LogP contribution in [0.5, 0.6) is 5.75 Å². The zero-order valence-corrected chi connectivity index (χ0v) is 10.6. The fourth-order valence-corrected chi connectivity index (χ4v) is 2.99. The average molecular weight is 320 g/mol. The molecule has 78 valence electrons. The number of aromatic hydroxyl groups is 1. The lowest BCUT2D eigenvalue weighted by atomic mass is 10.0. The molecule has 3 aromatic rings. The van der Waals surface area contributed by atoms with Gasteiger partial charge in [-0.1, -0.05) is 48.5 Å². The molecule has 0 unspecified atom stereocenters. The van der Waals surface area contributed by atoms with Crippen molar-refractivity contribution in [2.24, 2.45) is 0 Å². The van der Waals surface area contributed by atoms with Gasteiger partial charge in [-0.15, -0.1) is 0 Å². The summed E-state index contributed by atoms with van der Waals surface area (Å²) in [5, 5.41) is 14.3. The van der Waals surface area contributed by atoms with E-state index in [1.807, 2.05) is 48.5 Å². The number of benzene rings is 3. The number of phenols is 1. The first-order valence-corrected chi connectivity index (χ1v) is 6.15. The highest BCUT2D eigenvalue weighted by Gasteiger charge is 2.09. The molecule has 0 aromatic heterocycles. The van der Waals surface area contributed by atoms with Crippen molar-refractivity contribution in [3.8, 4) is 5.75 Å². The molecule has 3 aromatic carbocycles. The summed E-state index contributed by atoms with van der Waals surface area (Å²) in [6, 6.07) is 15.9. The Bertz CT molecular complexity index is 572. The van der Waals surface area contributed by atoms with Crippen molar-refractivity contribution in [1.82, 2.24) is 0 Å². The van der Waals surface area contributed by atoms with Crippen molar-refractivity contribution in [1.29, 1.82) is 0 Å². The van der Waals surface area contributed by atoms with Crippen LogP contribution in [0, 0.1) is 3.57 Å². The van der Waals surface area contributed by atoms with E-state index in [0.717, 1.165) is 21.5 Å². The van der Waals surface area contributed by atoms with Crippen molar-refractivity contribution in [2.75, 3.05) is 0 Å². The van der Waals surface area contributed by atoms with Crippen LogP contribution in [0.15, 0.2) is 48.5 Å². The second kappa shape index (κ2) is 3.63. The Balaban J connectivity index is 2.67. The van der Waals surface area contributed by atoms with E-state index >= 15 is 0 Å². The van der Waals surface area contributed by atoms with E-state index in [9.17, 15) is 5.11 Å². The summed E-state index contributed by atoms with van der Waals surface area (Å²) in [4.78, 5) is 0. The van der Waals surface area contributed by atoms with Crippen molar-refractivity contribution in [3.63, 3.8) is 0 Å². The first kappa shape index (κ1) is 9.90. The van der Waals surface area contributed by atoms with Gasteiger partial charge < -0.3 is 5.11 Å². The van der Waals surface area contributed by atoms with Gasteiger partial charge in [0.1, 0.15) is 5.75 Å². The molecule has 0 saturated heterocycles. The van der Waals surface area contributed by atoms with Crippen LogP contribution >= 0.6 is 22.6 Å². The zero-order chi connectivity index (χ0) is 11.1. The molecule has 0 spiro atoms. The molecule has 1 N–H and O–H groups in total. The van der Waals surface area contributed by atoms with Crippen molar-refractivity contribution < 1.29 is 5.11 Å². The minimum atomic E-state index is 0.381. The molecule has 0 aliphatic heterocycles. The molecule has 16 heavy (non-hydrogen) atoms. The fraction of sp³-hybridized carbons (Fsp3) is 0. The second-order valence-corrected chi connectivity index (χ2v) is 4.83. The Morgan fingerprint density at radius 2 is 1.06 bits per heavy atom. The van der Waals surface area contributed by atoms with Crippen LogP contribution in [-0.4, -0.2) is 5.11 Å². The average Bonchev–Trinajstić information content (AvgIpc) is 2.36. The Hall–Kier alpha value is -1.29. The maximum absolute atomic E-state index is 10.2. The lowest BCUT2D eigenvalue weighted by molar-refractivity contribution is 0.488. The SMILES string of the molecule is Oc1c2ccccc2c(I)c2ccccc12. The molecule has 0 aliphatic carbocycles. The Morgan fingerprint density at radius 1 is 0.688 bits per heavy atom. The standard InChI is InChI=1S/C14H9IO/c15-13-9-5-1-3-7-11(9)14(16)12-8-4-2-6-10(12)13/h1-8,16H. The predicted octanol–water partition coefficient (Wildman–Crippen LogP) is 4.30. The second-order valence-electron chi connectivity index (χ2n) is 3.75. The van der Waals surface area contributed by atoms with Gasteiger partial charge in [0.05, 0.1) is 0 Å². The van der Waals surface area contributed by atoms with Gasteiger partial charge >= 0.3 is 0 Å². The van der Waals surface area contributed by atoms with Crippen molar-refractivity contribution >= 4 is 44.1 Å². The normalized spacial score (nSPS) is 11.1. The van der Waals surface area contributed by atoms with E-state index in [0.29, 0.717) is 5.75 Å². The topological polar surface area (TPSA) is 20.2 Å². The van der Waals surface area contributed by atoms with Gasteiger partial charge in [0.2, 0.25) is 0 Å². The fourth-order valence-electron chi connectivity index (χ4n) is 2.05. The predicted molar refractivity (Wildman–Crippen MR) is 75.8 cm³/mol. The largest absolute Gasteiger partial charge is 0.507 e. The molecule has 0 aliphatic rings. The number of halogens is 1. The molecule has 0 saturated carbocycles. The zero-order valence-electron chi connectivity index (χ0n) is 8.44. The van der Waals surface area contributed by atoms with Crippen molar-refractivity contribution in [2.45, 2.75) is 0 Å². The van der Waals surface area contributed by atoms with Crippen LogP contribution in [0.3, 0.4) is 0 Å². The van der Waals surface area contributed by atoms with Gasteiger partial charge in [0.15, 0.2) is 0 Å². The molecule has 0 radical (unpaired) electrons. The lowest BCUT2D eigenvalue weighted by Gasteiger charge is -2.08. The Labute approximate surface area is 107 Å². The molecular weight excluding hydrogens is 311 g/mol. The molecule has 0 amide bonds.